The summed E-state index contributed by atoms with van der Waals surface area (Å²) in [5.74, 6) is -1.01. The van der Waals surface area contributed by atoms with Crippen LogP contribution in [0, 0.1) is 12.8 Å². The van der Waals surface area contributed by atoms with Crippen LogP contribution >= 0.6 is 0 Å². The number of hydrogen-bond acceptors (Lipinski definition) is 9. The number of carbonyl (C=O) groups excluding carboxylic acids is 2. The lowest BCUT2D eigenvalue weighted by Crippen LogP contribution is -2.46. The smallest absolute Gasteiger partial charge is 0.286 e. The van der Waals surface area contributed by atoms with E-state index in [0.29, 0.717) is 17.1 Å². The van der Waals surface area contributed by atoms with Gasteiger partial charge in [-0.1, -0.05) is 50.2 Å². The fourth-order valence-corrected chi connectivity index (χ4v) is 4.18. The molecule has 11 heteroatoms. The second-order valence-electron chi connectivity index (χ2n) is 10.4. The first-order valence-corrected chi connectivity index (χ1v) is 13.0. The van der Waals surface area contributed by atoms with E-state index >= 15 is 0 Å². The number of hydrogen-bond donors (Lipinski definition) is 2. The highest BCUT2D eigenvalue weighted by atomic mass is 16.4. The molecule has 40 heavy (non-hydrogen) atoms. The van der Waals surface area contributed by atoms with E-state index in [4.69, 9.17) is 4.42 Å². The van der Waals surface area contributed by atoms with Crippen LogP contribution in [0.25, 0.3) is 11.4 Å². The number of aryl methyl sites for hydroxylation is 1. The maximum absolute atomic E-state index is 13.4. The van der Waals surface area contributed by atoms with Gasteiger partial charge in [-0.05, 0) is 38.3 Å². The van der Waals surface area contributed by atoms with Crippen molar-refractivity contribution in [2.24, 2.45) is 5.92 Å². The summed E-state index contributed by atoms with van der Waals surface area (Å²) in [4.78, 5) is 48.6. The minimum Gasteiger partial charge on any atom is -0.417 e. The maximum Gasteiger partial charge on any atom is 0.286 e. The highest BCUT2D eigenvalue weighted by molar-refractivity contribution is 5.98. The fourth-order valence-electron chi connectivity index (χ4n) is 4.18. The number of ketones is 1. The second kappa shape index (κ2) is 11.6. The first kappa shape index (κ1) is 28.3. The van der Waals surface area contributed by atoms with E-state index in [1.54, 1.807) is 39.2 Å². The van der Waals surface area contributed by atoms with Crippen LogP contribution in [0.3, 0.4) is 0 Å². The van der Waals surface area contributed by atoms with Crippen molar-refractivity contribution in [1.29, 1.82) is 0 Å². The van der Waals surface area contributed by atoms with Gasteiger partial charge in [-0.25, -0.2) is 4.98 Å². The number of amides is 1. The minimum atomic E-state index is -0.960. The standard InChI is InChI=1S/C29H33N7O4/c1-17(2)23(24(38)26-34-35-28(40-26)29(4,5)21-13-12-18(3)14-31-21)33-22(37)16-36-25(19-10-8-7-9-11-19)32-15-20(30-6)27(36)39/h7-15,17,23,30H,16H2,1-6H3,(H,33,37)/t23-/m0/s1. The topological polar surface area (TPSA) is 145 Å². The Labute approximate surface area is 232 Å². The number of benzene rings is 1. The zero-order valence-corrected chi connectivity index (χ0v) is 23.4. The van der Waals surface area contributed by atoms with Gasteiger partial charge in [-0.3, -0.25) is 23.9 Å². The van der Waals surface area contributed by atoms with Crippen molar-refractivity contribution in [3.05, 3.63) is 88.3 Å². The Morgan fingerprint density at radius 2 is 1.75 bits per heavy atom. The van der Waals surface area contributed by atoms with Crippen LogP contribution in [-0.2, 0) is 16.8 Å². The molecule has 2 N–H and O–H groups in total. The summed E-state index contributed by atoms with van der Waals surface area (Å²) in [6.45, 7) is 8.95. The molecule has 0 aliphatic carbocycles. The van der Waals surface area contributed by atoms with Gasteiger partial charge in [0.1, 0.15) is 18.1 Å². The van der Waals surface area contributed by atoms with Crippen LogP contribution in [0.2, 0.25) is 0 Å². The van der Waals surface area contributed by atoms with Gasteiger partial charge >= 0.3 is 0 Å². The predicted octanol–water partition coefficient (Wildman–Crippen LogP) is 3.39. The van der Waals surface area contributed by atoms with Gasteiger partial charge < -0.3 is 15.1 Å². The average molecular weight is 544 g/mol. The van der Waals surface area contributed by atoms with Crippen molar-refractivity contribution in [2.45, 2.75) is 52.6 Å². The molecule has 11 nitrogen and oxygen atoms in total. The Hall–Kier alpha value is -4.67. The molecule has 0 unspecified atom stereocenters. The van der Waals surface area contributed by atoms with Crippen LogP contribution in [0.15, 0.2) is 64.1 Å². The second-order valence-corrected chi connectivity index (χ2v) is 10.4. The molecule has 208 valence electrons. The summed E-state index contributed by atoms with van der Waals surface area (Å²) >= 11 is 0. The highest BCUT2D eigenvalue weighted by Crippen LogP contribution is 2.29. The van der Waals surface area contributed by atoms with Gasteiger partial charge in [-0.15, -0.1) is 10.2 Å². The lowest BCUT2D eigenvalue weighted by molar-refractivity contribution is -0.122. The van der Waals surface area contributed by atoms with Crippen LogP contribution in [0.5, 0.6) is 0 Å². The van der Waals surface area contributed by atoms with E-state index in [9.17, 15) is 14.4 Å². The fraction of sp³-hybridized carbons (Fsp3) is 0.345. The van der Waals surface area contributed by atoms with E-state index in [1.165, 1.54) is 10.8 Å². The number of Topliss-reactive ketones (excluding diaryl/α,β-unsaturated/α-hetero) is 1. The molecule has 0 fully saturated rings. The molecule has 1 amide bonds. The summed E-state index contributed by atoms with van der Waals surface area (Å²) < 4.78 is 7.09. The van der Waals surface area contributed by atoms with Crippen molar-refractivity contribution >= 4 is 17.4 Å². The molecule has 4 rings (SSSR count). The molecule has 0 saturated carbocycles. The largest absolute Gasteiger partial charge is 0.417 e. The van der Waals surface area contributed by atoms with Crippen LogP contribution < -0.4 is 16.2 Å². The molecule has 4 aromatic rings. The van der Waals surface area contributed by atoms with E-state index in [-0.39, 0.29) is 29.9 Å². The number of rotatable bonds is 10. The molecule has 0 saturated heterocycles. The lowest BCUT2D eigenvalue weighted by atomic mass is 9.88. The van der Waals surface area contributed by atoms with E-state index in [2.05, 4.69) is 30.8 Å². The molecule has 0 radical (unpaired) electrons. The number of aromatic nitrogens is 5. The number of nitrogens with zero attached hydrogens (tertiary/aromatic N) is 5. The first-order valence-electron chi connectivity index (χ1n) is 13.0. The Bertz CT molecular complexity index is 1560. The number of nitrogens with one attached hydrogen (secondary N) is 2. The zero-order chi connectivity index (χ0) is 29.0. The SMILES string of the molecule is CNc1cnc(-c2ccccc2)n(CC(=O)N[C@H](C(=O)c2nnc(C(C)(C)c3ccc(C)cn3)o2)C(C)C)c1=O. The van der Waals surface area contributed by atoms with E-state index in [0.717, 1.165) is 5.56 Å². The summed E-state index contributed by atoms with van der Waals surface area (Å²) in [6, 6.07) is 11.9. The van der Waals surface area contributed by atoms with E-state index in [1.807, 2.05) is 51.1 Å². The molecule has 0 aliphatic heterocycles. The van der Waals surface area contributed by atoms with Gasteiger partial charge in [0.05, 0.1) is 23.3 Å². The molecule has 0 bridgehead atoms. The zero-order valence-electron chi connectivity index (χ0n) is 23.4. The monoisotopic (exact) mass is 543 g/mol. The number of carbonyl (C=O) groups is 2. The van der Waals surface area contributed by atoms with Crippen molar-refractivity contribution in [3.8, 4) is 11.4 Å². The molecule has 1 atom stereocenters. The molecule has 3 heterocycles. The number of anilines is 1. The van der Waals surface area contributed by atoms with Crippen LogP contribution in [0.1, 0.15) is 55.5 Å². The van der Waals surface area contributed by atoms with Crippen LogP contribution in [-0.4, -0.2) is 49.5 Å². The third kappa shape index (κ3) is 5.83. The van der Waals surface area contributed by atoms with Gasteiger partial charge in [0.15, 0.2) is 0 Å². The van der Waals surface area contributed by atoms with Crippen molar-refractivity contribution in [3.63, 3.8) is 0 Å². The molecule has 0 aliphatic rings. The Morgan fingerprint density at radius 3 is 2.38 bits per heavy atom. The molecule has 0 spiro atoms. The third-order valence-corrected chi connectivity index (χ3v) is 6.64. The lowest BCUT2D eigenvalue weighted by Gasteiger charge is -2.21. The summed E-state index contributed by atoms with van der Waals surface area (Å²) in [6.07, 6.45) is 3.18. The minimum absolute atomic E-state index is 0.213. The predicted molar refractivity (Wildman–Crippen MR) is 150 cm³/mol. The van der Waals surface area contributed by atoms with Gasteiger partial charge in [-0.2, -0.15) is 0 Å². The highest BCUT2D eigenvalue weighted by Gasteiger charge is 2.35. The molecule has 3 aromatic heterocycles. The van der Waals surface area contributed by atoms with Crippen LogP contribution in [0.4, 0.5) is 5.69 Å². The molecular formula is C29H33N7O4. The van der Waals surface area contributed by atoms with Gasteiger partial charge in [0.2, 0.25) is 17.6 Å². The molecule has 1 aromatic carbocycles. The Balaban J connectivity index is 1.57. The van der Waals surface area contributed by atoms with Crippen molar-refractivity contribution < 1.29 is 14.0 Å². The maximum atomic E-state index is 13.4. The normalized spacial score (nSPS) is 12.3. The Morgan fingerprint density at radius 1 is 1.02 bits per heavy atom. The summed E-state index contributed by atoms with van der Waals surface area (Å²) in [7, 11) is 1.60. The van der Waals surface area contributed by atoms with Crippen molar-refractivity contribution in [1.82, 2.24) is 30.0 Å². The number of pyridine rings is 1. The quantitative estimate of drug-likeness (QED) is 0.288. The third-order valence-electron chi connectivity index (χ3n) is 6.64. The van der Waals surface area contributed by atoms with Gasteiger partial charge in [0.25, 0.3) is 11.4 Å². The first-order chi connectivity index (χ1) is 19.0. The van der Waals surface area contributed by atoms with Gasteiger partial charge in [0, 0.05) is 18.8 Å². The molecular weight excluding hydrogens is 510 g/mol. The van der Waals surface area contributed by atoms with Crippen molar-refractivity contribution in [2.75, 3.05) is 12.4 Å². The average Bonchev–Trinajstić information content (AvgIpc) is 3.44. The Kier molecular flexibility index (Phi) is 8.22. The summed E-state index contributed by atoms with van der Waals surface area (Å²) in [5, 5.41) is 13.7. The summed E-state index contributed by atoms with van der Waals surface area (Å²) in [5.41, 5.74) is 1.50. The van der Waals surface area contributed by atoms with E-state index < -0.39 is 28.7 Å².